The number of anilines is 1. The van der Waals surface area contributed by atoms with Gasteiger partial charge in [0.2, 0.25) is 0 Å². The second-order valence-electron chi connectivity index (χ2n) is 9.70. The highest BCUT2D eigenvalue weighted by molar-refractivity contribution is 5.95. The molecule has 0 radical (unpaired) electrons. The van der Waals surface area contributed by atoms with Crippen molar-refractivity contribution in [3.63, 3.8) is 0 Å². The van der Waals surface area contributed by atoms with E-state index in [0.717, 1.165) is 58.6 Å². The summed E-state index contributed by atoms with van der Waals surface area (Å²) in [6.07, 6.45) is 4.61. The fourth-order valence-electron chi connectivity index (χ4n) is 4.98. The van der Waals surface area contributed by atoms with Gasteiger partial charge in [0.1, 0.15) is 17.3 Å². The molecule has 0 saturated heterocycles. The number of hydrogen-bond acceptors (Lipinski definition) is 6. The minimum absolute atomic E-state index is 0.201. The van der Waals surface area contributed by atoms with Gasteiger partial charge in [-0.2, -0.15) is 0 Å². The second kappa shape index (κ2) is 9.74. The number of benzene rings is 1. The number of fused-ring (bicyclic) bond motifs is 1. The van der Waals surface area contributed by atoms with E-state index in [9.17, 15) is 4.79 Å². The molecule has 1 amide bonds. The van der Waals surface area contributed by atoms with Gasteiger partial charge in [0, 0.05) is 74.7 Å². The van der Waals surface area contributed by atoms with E-state index in [-0.39, 0.29) is 11.7 Å². The van der Waals surface area contributed by atoms with Gasteiger partial charge >= 0.3 is 0 Å². The number of nitrogen functional groups attached to an aromatic ring is 1. The quantitative estimate of drug-likeness (QED) is 0.445. The summed E-state index contributed by atoms with van der Waals surface area (Å²) in [5, 5.41) is 9.25. The standard InChI is InChI=1S/C28H30FN7O/c1-17-13-19(28(37)34(2)3)14-23(29)26(17)18-8-11-36(12-9-18)16-20-15-22-21(7-10-31-27(22)35(20)4)24-5-6-25(30)33-32-24/h5-8,10,13-15H,9,11-12,16H2,1-4H3,(H2,30,33). The van der Waals surface area contributed by atoms with Crippen LogP contribution in [0.2, 0.25) is 0 Å². The third-order valence-electron chi connectivity index (χ3n) is 6.93. The van der Waals surface area contributed by atoms with Gasteiger partial charge in [0.05, 0.1) is 5.69 Å². The Morgan fingerprint density at radius 3 is 2.62 bits per heavy atom. The van der Waals surface area contributed by atoms with Gasteiger partial charge in [-0.05, 0) is 60.9 Å². The maximum absolute atomic E-state index is 15.1. The highest BCUT2D eigenvalue weighted by Crippen LogP contribution is 2.31. The van der Waals surface area contributed by atoms with Crippen molar-refractivity contribution in [3.05, 3.63) is 76.9 Å². The fraction of sp³-hybridized carbons (Fsp3) is 0.286. The summed E-state index contributed by atoms with van der Waals surface area (Å²) in [6.45, 7) is 4.11. The van der Waals surface area contributed by atoms with Crippen molar-refractivity contribution in [2.75, 3.05) is 32.9 Å². The summed E-state index contributed by atoms with van der Waals surface area (Å²) in [6, 6.07) is 10.8. The average molecular weight is 500 g/mol. The topological polar surface area (TPSA) is 93.2 Å². The number of aromatic nitrogens is 4. The molecule has 1 aliphatic rings. The molecule has 190 valence electrons. The van der Waals surface area contributed by atoms with Crippen LogP contribution in [0, 0.1) is 12.7 Å². The maximum Gasteiger partial charge on any atom is 0.253 e. The van der Waals surface area contributed by atoms with E-state index in [4.69, 9.17) is 5.73 Å². The van der Waals surface area contributed by atoms with Crippen LogP contribution < -0.4 is 5.73 Å². The van der Waals surface area contributed by atoms with Gasteiger partial charge in [0.15, 0.2) is 0 Å². The molecule has 9 heteroatoms. The number of carbonyl (C=O) groups excluding carboxylic acids is 1. The lowest BCUT2D eigenvalue weighted by Crippen LogP contribution is -2.29. The number of rotatable bonds is 5. The zero-order valence-corrected chi connectivity index (χ0v) is 21.5. The Morgan fingerprint density at radius 1 is 1.16 bits per heavy atom. The number of hydrogen-bond donors (Lipinski definition) is 1. The van der Waals surface area contributed by atoms with Crippen LogP contribution in [0.1, 0.15) is 33.6 Å². The SMILES string of the molecule is Cc1cc(C(=O)N(C)C)cc(F)c1C1=CCN(Cc2cc3c(-c4ccc(N)nn4)ccnc3n2C)CC1. The van der Waals surface area contributed by atoms with Gasteiger partial charge < -0.3 is 15.2 Å². The van der Waals surface area contributed by atoms with Crippen LogP contribution >= 0.6 is 0 Å². The third kappa shape index (κ3) is 4.70. The van der Waals surface area contributed by atoms with Crippen molar-refractivity contribution in [2.45, 2.75) is 19.9 Å². The molecular weight excluding hydrogens is 469 g/mol. The van der Waals surface area contributed by atoms with E-state index in [2.05, 4.69) is 36.8 Å². The number of carbonyl (C=O) groups is 1. The molecule has 0 bridgehead atoms. The minimum atomic E-state index is -0.344. The number of amides is 1. The molecule has 0 atom stereocenters. The first kappa shape index (κ1) is 24.6. The molecule has 8 nitrogen and oxygen atoms in total. The predicted molar refractivity (Wildman–Crippen MR) is 143 cm³/mol. The van der Waals surface area contributed by atoms with Crippen molar-refractivity contribution in [1.29, 1.82) is 0 Å². The van der Waals surface area contributed by atoms with Crippen LogP contribution in [-0.4, -0.2) is 62.6 Å². The first-order chi connectivity index (χ1) is 17.7. The monoisotopic (exact) mass is 499 g/mol. The Labute approximate surface area is 215 Å². The average Bonchev–Trinajstić information content (AvgIpc) is 3.19. The van der Waals surface area contributed by atoms with E-state index in [1.54, 1.807) is 32.4 Å². The molecule has 3 aromatic heterocycles. The second-order valence-corrected chi connectivity index (χ2v) is 9.70. The van der Waals surface area contributed by atoms with E-state index in [1.165, 1.54) is 11.0 Å². The molecule has 1 aliphatic heterocycles. The summed E-state index contributed by atoms with van der Waals surface area (Å²) in [5.74, 6) is -0.162. The Balaban J connectivity index is 1.37. The molecule has 4 aromatic rings. The number of aryl methyl sites for hydroxylation is 2. The lowest BCUT2D eigenvalue weighted by atomic mass is 9.93. The van der Waals surface area contributed by atoms with Gasteiger partial charge in [0.25, 0.3) is 5.91 Å². The van der Waals surface area contributed by atoms with E-state index in [1.807, 2.05) is 26.1 Å². The third-order valence-corrected chi connectivity index (χ3v) is 6.93. The smallest absolute Gasteiger partial charge is 0.253 e. The molecule has 1 aromatic carbocycles. The predicted octanol–water partition coefficient (Wildman–Crippen LogP) is 4.05. The van der Waals surface area contributed by atoms with Gasteiger partial charge in [-0.25, -0.2) is 9.37 Å². The summed E-state index contributed by atoms with van der Waals surface area (Å²) >= 11 is 0. The molecule has 37 heavy (non-hydrogen) atoms. The molecule has 5 rings (SSSR count). The zero-order chi connectivity index (χ0) is 26.3. The highest BCUT2D eigenvalue weighted by atomic mass is 19.1. The number of halogens is 1. The van der Waals surface area contributed by atoms with Gasteiger partial charge in [-0.1, -0.05) is 6.08 Å². The van der Waals surface area contributed by atoms with Gasteiger partial charge in [-0.3, -0.25) is 9.69 Å². The molecule has 0 fully saturated rings. The Bertz CT molecular complexity index is 1500. The van der Waals surface area contributed by atoms with Crippen LogP contribution in [0.4, 0.5) is 10.2 Å². The first-order valence-corrected chi connectivity index (χ1v) is 12.2. The summed E-state index contributed by atoms with van der Waals surface area (Å²) in [4.78, 5) is 20.7. The van der Waals surface area contributed by atoms with Crippen molar-refractivity contribution in [3.8, 4) is 11.3 Å². The fourth-order valence-corrected chi connectivity index (χ4v) is 4.98. The van der Waals surface area contributed by atoms with Crippen molar-refractivity contribution >= 4 is 28.3 Å². The zero-order valence-electron chi connectivity index (χ0n) is 21.5. The molecule has 4 heterocycles. The van der Waals surface area contributed by atoms with Crippen LogP contribution in [0.15, 0.2) is 48.7 Å². The molecule has 0 spiro atoms. The van der Waals surface area contributed by atoms with Crippen LogP contribution in [0.3, 0.4) is 0 Å². The molecule has 0 unspecified atom stereocenters. The van der Waals surface area contributed by atoms with E-state index < -0.39 is 0 Å². The van der Waals surface area contributed by atoms with Crippen LogP contribution in [0.5, 0.6) is 0 Å². The maximum atomic E-state index is 15.1. The van der Waals surface area contributed by atoms with Crippen LogP contribution in [0.25, 0.3) is 27.9 Å². The van der Waals surface area contributed by atoms with Crippen molar-refractivity contribution < 1.29 is 9.18 Å². The number of pyridine rings is 1. The molecular formula is C28H30FN7O. The number of nitrogens with zero attached hydrogens (tertiary/aromatic N) is 6. The van der Waals surface area contributed by atoms with Crippen molar-refractivity contribution in [1.82, 2.24) is 29.5 Å². The molecule has 0 aliphatic carbocycles. The first-order valence-electron chi connectivity index (χ1n) is 12.2. The Kier molecular flexibility index (Phi) is 6.47. The van der Waals surface area contributed by atoms with E-state index in [0.29, 0.717) is 23.5 Å². The molecule has 0 saturated carbocycles. The molecule has 2 N–H and O–H groups in total. The Morgan fingerprint density at radius 2 is 1.97 bits per heavy atom. The summed E-state index contributed by atoms with van der Waals surface area (Å²) in [7, 11) is 5.35. The highest BCUT2D eigenvalue weighted by Gasteiger charge is 2.21. The van der Waals surface area contributed by atoms with E-state index >= 15 is 4.39 Å². The lowest BCUT2D eigenvalue weighted by molar-refractivity contribution is 0.0827. The van der Waals surface area contributed by atoms with Gasteiger partial charge in [-0.15, -0.1) is 10.2 Å². The van der Waals surface area contributed by atoms with Crippen LogP contribution in [-0.2, 0) is 13.6 Å². The normalized spacial score (nSPS) is 14.1. The number of nitrogens with two attached hydrogens (primary N) is 1. The summed E-state index contributed by atoms with van der Waals surface area (Å²) in [5.41, 5.74) is 12.2. The summed E-state index contributed by atoms with van der Waals surface area (Å²) < 4.78 is 17.2. The minimum Gasteiger partial charge on any atom is -0.382 e. The lowest BCUT2D eigenvalue weighted by Gasteiger charge is -2.27. The Hall–Kier alpha value is -4.11. The largest absolute Gasteiger partial charge is 0.382 e. The van der Waals surface area contributed by atoms with Crippen molar-refractivity contribution in [2.24, 2.45) is 7.05 Å².